The minimum absolute atomic E-state index is 0.0437. The molecule has 33 heavy (non-hydrogen) atoms. The van der Waals surface area contributed by atoms with Crippen LogP contribution in [-0.2, 0) is 0 Å². The van der Waals surface area contributed by atoms with E-state index < -0.39 is 17.6 Å². The van der Waals surface area contributed by atoms with Gasteiger partial charge in [0.2, 0.25) is 5.82 Å². The molecule has 1 N–H and O–H groups in total. The Morgan fingerprint density at radius 2 is 1.70 bits per heavy atom. The maximum Gasteiger partial charge on any atom is 0.335 e. The Bertz CT molecular complexity index is 1480. The maximum atomic E-state index is 14.5. The van der Waals surface area contributed by atoms with E-state index in [0.29, 0.717) is 11.3 Å². The number of carboxylic acids is 1. The smallest absolute Gasteiger partial charge is 0.335 e. The van der Waals surface area contributed by atoms with Gasteiger partial charge in [0, 0.05) is 5.56 Å². The SMILES string of the molecule is O=C(O)c1ccc(-c2noc(-c3nnn(-c4ccccc4F)c3-c3ccccc3)n2)c(F)c1. The zero-order chi connectivity index (χ0) is 22.9. The summed E-state index contributed by atoms with van der Waals surface area (Å²) < 4.78 is 35.6. The van der Waals surface area contributed by atoms with Gasteiger partial charge in [0.1, 0.15) is 23.0 Å². The van der Waals surface area contributed by atoms with E-state index in [4.69, 9.17) is 9.63 Å². The van der Waals surface area contributed by atoms with Gasteiger partial charge in [-0.2, -0.15) is 4.98 Å². The van der Waals surface area contributed by atoms with Crippen LogP contribution in [0.3, 0.4) is 0 Å². The average molecular weight is 445 g/mol. The van der Waals surface area contributed by atoms with Crippen LogP contribution < -0.4 is 0 Å². The lowest BCUT2D eigenvalue weighted by molar-refractivity contribution is 0.0696. The lowest BCUT2D eigenvalue weighted by Gasteiger charge is -2.08. The highest BCUT2D eigenvalue weighted by atomic mass is 19.1. The summed E-state index contributed by atoms with van der Waals surface area (Å²) in [5, 5.41) is 21.0. The number of carboxylic acid groups (broad SMARTS) is 1. The first-order valence-electron chi connectivity index (χ1n) is 9.66. The lowest BCUT2D eigenvalue weighted by Crippen LogP contribution is -2.02. The number of para-hydroxylation sites is 1. The highest BCUT2D eigenvalue weighted by molar-refractivity contribution is 5.88. The standard InChI is InChI=1S/C23H13F2N5O3/c24-16-8-4-5-9-18(16)30-20(13-6-2-1-3-7-13)19(27-29-30)22-26-21(28-33-22)15-11-10-14(23(31)32)12-17(15)25/h1-12H,(H,31,32). The largest absolute Gasteiger partial charge is 0.478 e. The molecule has 2 heterocycles. The van der Waals surface area contributed by atoms with Crippen LogP contribution in [0, 0.1) is 11.6 Å². The molecule has 0 saturated heterocycles. The fraction of sp³-hybridized carbons (Fsp3) is 0. The van der Waals surface area contributed by atoms with E-state index in [1.54, 1.807) is 42.5 Å². The van der Waals surface area contributed by atoms with Gasteiger partial charge in [0.05, 0.1) is 11.1 Å². The summed E-state index contributed by atoms with van der Waals surface area (Å²) >= 11 is 0. The normalized spacial score (nSPS) is 11.0. The Hall–Kier alpha value is -4.73. The number of hydrogen-bond donors (Lipinski definition) is 1. The van der Waals surface area contributed by atoms with Crippen molar-refractivity contribution in [3.63, 3.8) is 0 Å². The molecule has 0 fully saturated rings. The number of carbonyl (C=O) groups is 1. The second-order valence-electron chi connectivity index (χ2n) is 6.94. The molecule has 8 nitrogen and oxygen atoms in total. The fourth-order valence-electron chi connectivity index (χ4n) is 3.33. The van der Waals surface area contributed by atoms with Gasteiger partial charge in [-0.1, -0.05) is 52.8 Å². The number of aromatic nitrogens is 5. The molecule has 5 aromatic rings. The molecule has 0 atom stereocenters. The fourth-order valence-corrected chi connectivity index (χ4v) is 3.33. The highest BCUT2D eigenvalue weighted by Crippen LogP contribution is 2.33. The average Bonchev–Trinajstić information content (AvgIpc) is 3.47. The van der Waals surface area contributed by atoms with Crippen molar-refractivity contribution >= 4 is 5.97 Å². The van der Waals surface area contributed by atoms with Crippen molar-refractivity contribution in [1.82, 2.24) is 25.1 Å². The number of nitrogens with zero attached hydrogens (tertiary/aromatic N) is 5. The minimum atomic E-state index is -1.26. The van der Waals surface area contributed by atoms with Crippen molar-refractivity contribution < 1.29 is 23.2 Å². The van der Waals surface area contributed by atoms with Gasteiger partial charge in [-0.05, 0) is 30.3 Å². The van der Waals surface area contributed by atoms with Crippen LogP contribution in [0.5, 0.6) is 0 Å². The molecule has 0 aliphatic rings. The van der Waals surface area contributed by atoms with Gasteiger partial charge in [-0.25, -0.2) is 18.3 Å². The molecule has 3 aromatic carbocycles. The number of halogens is 2. The molecule has 0 aliphatic heterocycles. The van der Waals surface area contributed by atoms with Crippen LogP contribution in [0.15, 0.2) is 77.3 Å². The first-order valence-corrected chi connectivity index (χ1v) is 9.66. The number of aromatic carboxylic acids is 1. The Morgan fingerprint density at radius 1 is 0.939 bits per heavy atom. The van der Waals surface area contributed by atoms with Gasteiger partial charge in [0.25, 0.3) is 5.89 Å². The van der Waals surface area contributed by atoms with Crippen molar-refractivity contribution in [3.05, 3.63) is 90.0 Å². The van der Waals surface area contributed by atoms with Crippen LogP contribution in [0.4, 0.5) is 8.78 Å². The van der Waals surface area contributed by atoms with E-state index in [-0.39, 0.29) is 34.2 Å². The zero-order valence-corrected chi connectivity index (χ0v) is 16.7. The lowest BCUT2D eigenvalue weighted by atomic mass is 10.1. The summed E-state index contributed by atoms with van der Waals surface area (Å²) in [6.07, 6.45) is 0. The van der Waals surface area contributed by atoms with Gasteiger partial charge < -0.3 is 9.63 Å². The molecule has 0 bridgehead atoms. The van der Waals surface area contributed by atoms with Crippen molar-refractivity contribution in [3.8, 4) is 39.9 Å². The molecule has 0 amide bonds. The third kappa shape index (κ3) is 3.63. The Morgan fingerprint density at radius 3 is 2.42 bits per heavy atom. The quantitative estimate of drug-likeness (QED) is 0.420. The molecule has 0 saturated carbocycles. The van der Waals surface area contributed by atoms with Crippen LogP contribution >= 0.6 is 0 Å². The van der Waals surface area contributed by atoms with E-state index in [0.717, 1.165) is 6.07 Å². The molecule has 5 rings (SSSR count). The van der Waals surface area contributed by atoms with Crippen LogP contribution in [0.2, 0.25) is 0 Å². The minimum Gasteiger partial charge on any atom is -0.478 e. The van der Waals surface area contributed by atoms with Crippen LogP contribution in [-0.4, -0.2) is 36.2 Å². The molecule has 0 aliphatic carbocycles. The summed E-state index contributed by atoms with van der Waals surface area (Å²) in [5.41, 5.74) is 1.16. The molecule has 0 unspecified atom stereocenters. The molecule has 2 aromatic heterocycles. The van der Waals surface area contributed by atoms with Crippen molar-refractivity contribution in [2.45, 2.75) is 0 Å². The molecule has 0 radical (unpaired) electrons. The van der Waals surface area contributed by atoms with E-state index in [1.165, 1.54) is 22.9 Å². The van der Waals surface area contributed by atoms with Gasteiger partial charge in [-0.15, -0.1) is 5.10 Å². The molecule has 0 spiro atoms. The topological polar surface area (TPSA) is 107 Å². The second-order valence-corrected chi connectivity index (χ2v) is 6.94. The Kier molecular flexibility index (Phi) is 4.94. The third-order valence-corrected chi connectivity index (χ3v) is 4.88. The molecular formula is C23H13F2N5O3. The third-order valence-electron chi connectivity index (χ3n) is 4.88. The Balaban J connectivity index is 1.64. The van der Waals surface area contributed by atoms with Gasteiger partial charge >= 0.3 is 5.97 Å². The summed E-state index contributed by atoms with van der Waals surface area (Å²) in [7, 11) is 0. The number of benzene rings is 3. The van der Waals surface area contributed by atoms with Crippen molar-refractivity contribution in [1.29, 1.82) is 0 Å². The number of hydrogen-bond acceptors (Lipinski definition) is 6. The number of rotatable bonds is 5. The van der Waals surface area contributed by atoms with Crippen LogP contribution in [0.25, 0.3) is 39.9 Å². The van der Waals surface area contributed by atoms with Crippen molar-refractivity contribution in [2.75, 3.05) is 0 Å². The predicted molar refractivity (Wildman–Crippen MR) is 112 cm³/mol. The van der Waals surface area contributed by atoms with E-state index in [2.05, 4.69) is 20.5 Å². The first kappa shape index (κ1) is 20.2. The molecular weight excluding hydrogens is 432 g/mol. The molecule has 162 valence electrons. The van der Waals surface area contributed by atoms with Crippen molar-refractivity contribution in [2.24, 2.45) is 0 Å². The monoisotopic (exact) mass is 445 g/mol. The highest BCUT2D eigenvalue weighted by Gasteiger charge is 2.25. The van der Waals surface area contributed by atoms with Gasteiger partial charge in [0.15, 0.2) is 5.69 Å². The second kappa shape index (κ2) is 8.08. The Labute approximate surface area is 184 Å². The van der Waals surface area contributed by atoms with Crippen LogP contribution in [0.1, 0.15) is 10.4 Å². The van der Waals surface area contributed by atoms with E-state index in [1.807, 2.05) is 6.07 Å². The molecule has 10 heteroatoms. The predicted octanol–water partition coefficient (Wildman–Crippen LogP) is 4.63. The first-order chi connectivity index (χ1) is 16.0. The zero-order valence-electron chi connectivity index (χ0n) is 16.7. The van der Waals surface area contributed by atoms with E-state index in [9.17, 15) is 13.6 Å². The summed E-state index contributed by atoms with van der Waals surface area (Å²) in [6.45, 7) is 0. The summed E-state index contributed by atoms with van der Waals surface area (Å²) in [4.78, 5) is 15.3. The summed E-state index contributed by atoms with van der Waals surface area (Å²) in [5.74, 6) is -2.74. The summed E-state index contributed by atoms with van der Waals surface area (Å²) in [6, 6.07) is 18.5. The van der Waals surface area contributed by atoms with E-state index >= 15 is 0 Å². The maximum absolute atomic E-state index is 14.5. The van der Waals surface area contributed by atoms with Gasteiger partial charge in [-0.3, -0.25) is 0 Å².